The third kappa shape index (κ3) is 4.74. The van der Waals surface area contributed by atoms with Crippen LogP contribution in [0, 0.1) is 3.57 Å². The predicted molar refractivity (Wildman–Crippen MR) is 129 cm³/mol. The Bertz CT molecular complexity index is 1380. The number of pyridine rings is 1. The van der Waals surface area contributed by atoms with E-state index >= 15 is 0 Å². The number of aromatic nitrogens is 4. The van der Waals surface area contributed by atoms with Crippen LogP contribution in [0.5, 0.6) is 5.88 Å². The zero-order valence-corrected chi connectivity index (χ0v) is 21.4. The molecule has 0 unspecified atom stereocenters. The lowest BCUT2D eigenvalue weighted by Crippen LogP contribution is -2.56. The van der Waals surface area contributed by atoms with Crippen molar-refractivity contribution in [1.29, 1.82) is 0 Å². The molecule has 11 nitrogen and oxygen atoms in total. The van der Waals surface area contributed by atoms with Gasteiger partial charge in [0.15, 0.2) is 5.82 Å². The number of likely N-dealkylation sites (tertiary alicyclic amines) is 1. The van der Waals surface area contributed by atoms with Crippen LogP contribution in [0.1, 0.15) is 17.3 Å². The lowest BCUT2D eigenvalue weighted by Gasteiger charge is -2.29. The molecule has 1 aliphatic heterocycles. The molecule has 0 bridgehead atoms. The molecule has 4 rings (SSSR count). The van der Waals surface area contributed by atoms with Crippen LogP contribution in [0.3, 0.4) is 0 Å². The van der Waals surface area contributed by atoms with Crippen LogP contribution in [-0.2, 0) is 4.79 Å². The minimum atomic E-state index is -5.26. The number of alkyl halides is 4. The number of ether oxygens (including phenoxy) is 1. The average Bonchev–Trinajstić information content (AvgIpc) is 3.37. The third-order valence-corrected chi connectivity index (χ3v) is 6.76. The van der Waals surface area contributed by atoms with Crippen molar-refractivity contribution in [3.8, 4) is 17.1 Å². The molecule has 0 radical (unpaired) electrons. The Morgan fingerprint density at radius 2 is 1.97 bits per heavy atom. The molecule has 37 heavy (non-hydrogen) atoms. The summed E-state index contributed by atoms with van der Waals surface area (Å²) in [6.45, 7) is -1.02. The Morgan fingerprint density at radius 1 is 1.27 bits per heavy atom. The largest absolute Gasteiger partial charge is 0.480 e. The third-order valence-electron chi connectivity index (χ3n) is 5.94. The van der Waals surface area contributed by atoms with Crippen molar-refractivity contribution in [2.24, 2.45) is 0 Å². The monoisotopic (exact) mass is 637 g/mol. The van der Waals surface area contributed by atoms with Gasteiger partial charge < -0.3 is 25.8 Å². The van der Waals surface area contributed by atoms with Crippen molar-refractivity contribution in [2.75, 3.05) is 25.9 Å². The maximum atomic E-state index is 14.7. The van der Waals surface area contributed by atoms with Crippen LogP contribution in [0.4, 0.5) is 23.4 Å². The molecule has 0 aromatic carbocycles. The normalized spacial score (nSPS) is 19.6. The number of methoxy groups -OCH3 is 1. The maximum Gasteiger partial charge on any atom is 0.426 e. The van der Waals surface area contributed by atoms with Gasteiger partial charge in [0.05, 0.1) is 25.4 Å². The van der Waals surface area contributed by atoms with E-state index in [0.717, 1.165) is 3.57 Å². The summed E-state index contributed by atoms with van der Waals surface area (Å²) in [6, 6.07) is 1.84. The summed E-state index contributed by atoms with van der Waals surface area (Å²) in [7, 11) is 1.27. The summed E-state index contributed by atoms with van der Waals surface area (Å²) in [5.74, 6) is -2.40. The second-order valence-corrected chi connectivity index (χ2v) is 9.60. The van der Waals surface area contributed by atoms with Gasteiger partial charge in [-0.25, -0.2) is 18.9 Å². The van der Waals surface area contributed by atoms with Crippen LogP contribution < -0.4 is 15.8 Å². The lowest BCUT2D eigenvalue weighted by molar-refractivity contribution is -0.249. The number of nitrogens with zero attached hydrogens (tertiary/aromatic N) is 5. The van der Waals surface area contributed by atoms with Crippen LogP contribution in [0.2, 0.25) is 0 Å². The average molecular weight is 637 g/mol. The van der Waals surface area contributed by atoms with Gasteiger partial charge >= 0.3 is 6.18 Å². The van der Waals surface area contributed by atoms with Gasteiger partial charge in [0.25, 0.3) is 11.8 Å². The van der Waals surface area contributed by atoms with Crippen LogP contribution in [0.25, 0.3) is 16.8 Å². The Labute approximate surface area is 220 Å². The van der Waals surface area contributed by atoms with Gasteiger partial charge in [0, 0.05) is 21.9 Å². The van der Waals surface area contributed by atoms with E-state index in [1.165, 1.54) is 30.2 Å². The van der Waals surface area contributed by atoms with E-state index < -0.39 is 48.9 Å². The summed E-state index contributed by atoms with van der Waals surface area (Å²) in [5, 5.41) is 16.2. The molecule has 1 aliphatic rings. The molecule has 3 aromatic heterocycles. The number of rotatable bonds is 5. The van der Waals surface area contributed by atoms with E-state index in [0.29, 0.717) is 28.6 Å². The molecule has 0 spiro atoms. The van der Waals surface area contributed by atoms with Gasteiger partial charge in [-0.15, -0.1) is 0 Å². The number of amides is 2. The van der Waals surface area contributed by atoms with E-state index in [1.54, 1.807) is 6.07 Å². The number of aliphatic hydroxyl groups is 1. The second kappa shape index (κ2) is 9.55. The minimum absolute atomic E-state index is 0.0905. The number of nitrogens with two attached hydrogens (primary N) is 1. The molecule has 4 N–H and O–H groups in total. The fourth-order valence-corrected chi connectivity index (χ4v) is 4.69. The zero-order chi connectivity index (χ0) is 27.3. The van der Waals surface area contributed by atoms with Gasteiger partial charge in [-0.3, -0.25) is 9.59 Å². The van der Waals surface area contributed by atoms with Crippen LogP contribution >= 0.6 is 22.6 Å². The number of nitrogens with one attached hydrogen (secondary N) is 1. The van der Waals surface area contributed by atoms with Gasteiger partial charge in [0.1, 0.15) is 23.6 Å². The summed E-state index contributed by atoms with van der Waals surface area (Å²) >= 11 is 2.05. The highest BCUT2D eigenvalue weighted by molar-refractivity contribution is 14.1. The van der Waals surface area contributed by atoms with Gasteiger partial charge in [-0.1, -0.05) is 0 Å². The number of nitrogen functional groups attached to an aromatic ring is 1. The molecule has 4 heterocycles. The predicted octanol–water partition coefficient (Wildman–Crippen LogP) is 1.58. The van der Waals surface area contributed by atoms with E-state index in [2.05, 4.69) is 43.0 Å². The molecule has 1 fully saturated rings. The number of hydrogen-bond donors (Lipinski definition) is 3. The fourth-order valence-electron chi connectivity index (χ4n) is 3.89. The number of halogens is 5. The molecule has 16 heteroatoms. The van der Waals surface area contributed by atoms with Gasteiger partial charge in [-0.2, -0.15) is 18.3 Å². The van der Waals surface area contributed by atoms with E-state index in [4.69, 9.17) is 10.5 Å². The minimum Gasteiger partial charge on any atom is -0.480 e. The molecule has 2 amide bonds. The van der Waals surface area contributed by atoms with Crippen molar-refractivity contribution in [3.05, 3.63) is 33.8 Å². The highest BCUT2D eigenvalue weighted by Crippen LogP contribution is 2.33. The summed E-state index contributed by atoms with van der Waals surface area (Å²) in [6.07, 6.45) is -4.45. The fraction of sp³-hybridized carbons (Fsp3) is 0.381. The van der Waals surface area contributed by atoms with Gasteiger partial charge in [-0.05, 0) is 41.6 Å². The van der Waals surface area contributed by atoms with E-state index in [-0.39, 0.29) is 17.3 Å². The highest BCUT2D eigenvalue weighted by Gasteiger charge is 2.58. The Morgan fingerprint density at radius 3 is 2.62 bits per heavy atom. The van der Waals surface area contributed by atoms with Crippen LogP contribution in [-0.4, -0.2) is 85.6 Å². The quantitative estimate of drug-likeness (QED) is 0.282. The Kier molecular flexibility index (Phi) is 6.91. The van der Waals surface area contributed by atoms with Crippen molar-refractivity contribution in [1.82, 2.24) is 29.8 Å². The SMILES string of the molecule is COc1ncc(-c2cc(I)c3c(N)ncnn23)cc1C(=O)N[C@@H]1CN(C(=O)[C@@](C)(O)C(F)(F)F)C[C@@H]1F. The summed E-state index contributed by atoms with van der Waals surface area (Å²) in [4.78, 5) is 33.9. The highest BCUT2D eigenvalue weighted by atomic mass is 127. The number of fused-ring (bicyclic) bond motifs is 1. The second-order valence-electron chi connectivity index (χ2n) is 8.44. The first-order chi connectivity index (χ1) is 17.3. The summed E-state index contributed by atoms with van der Waals surface area (Å²) in [5.41, 5.74) is 3.66. The lowest BCUT2D eigenvalue weighted by atomic mass is 10.1. The topological polar surface area (TPSA) is 148 Å². The zero-order valence-electron chi connectivity index (χ0n) is 19.3. The Balaban J connectivity index is 1.60. The number of carbonyl (C=O) groups is 2. The first kappa shape index (κ1) is 26.8. The van der Waals surface area contributed by atoms with Crippen molar-refractivity contribution < 1.29 is 37.0 Å². The smallest absolute Gasteiger partial charge is 0.426 e. The number of anilines is 1. The number of hydrogen-bond acceptors (Lipinski definition) is 8. The molecular weight excluding hydrogens is 617 g/mol. The van der Waals surface area contributed by atoms with Crippen molar-refractivity contribution >= 4 is 45.7 Å². The molecular formula is C21H20F4IN7O4. The molecule has 3 atom stereocenters. The number of carbonyl (C=O) groups excluding carboxylic acids is 2. The first-order valence-electron chi connectivity index (χ1n) is 10.6. The molecule has 0 saturated carbocycles. The summed E-state index contributed by atoms with van der Waals surface area (Å²) < 4.78 is 61.2. The van der Waals surface area contributed by atoms with Gasteiger partial charge in [0.2, 0.25) is 11.5 Å². The molecule has 1 saturated heterocycles. The van der Waals surface area contributed by atoms with E-state index in [1.807, 2.05) is 0 Å². The molecule has 0 aliphatic carbocycles. The van der Waals surface area contributed by atoms with E-state index in [9.17, 15) is 32.3 Å². The van der Waals surface area contributed by atoms with Crippen molar-refractivity contribution in [2.45, 2.75) is 30.9 Å². The molecule has 3 aromatic rings. The van der Waals surface area contributed by atoms with Crippen molar-refractivity contribution in [3.63, 3.8) is 0 Å². The standard InChI is InChI=1S/C21H20F4IN7O4/c1-20(36,21(23,24)25)19(35)32-6-11(22)13(7-32)31-17(34)10-3-9(5-28-18(10)37-2)14-4-12(26)15-16(27)29-8-30-33(14)15/h3-5,8,11,13,36H,6-7H2,1-2H3,(H,31,34)(H2,27,29,30)/t11-,13+,20+/m0/s1. The maximum absolute atomic E-state index is 14.7. The first-order valence-corrected chi connectivity index (χ1v) is 11.7. The molecule has 198 valence electrons. The Hall–Kier alpha value is -3.28. The van der Waals surface area contributed by atoms with Crippen LogP contribution in [0.15, 0.2) is 24.7 Å².